The maximum atomic E-state index is 11.1. The molecule has 1 saturated heterocycles. The number of hydrogen-bond acceptors (Lipinski definition) is 6. The molecule has 0 aromatic carbocycles. The van der Waals surface area contributed by atoms with Crippen LogP contribution < -0.4 is 4.74 Å². The molecule has 1 aromatic rings. The third-order valence-corrected chi connectivity index (χ3v) is 3.66. The van der Waals surface area contributed by atoms with E-state index >= 15 is 0 Å². The van der Waals surface area contributed by atoms with Gasteiger partial charge in [0.25, 0.3) is 10.1 Å². The predicted octanol–water partition coefficient (Wildman–Crippen LogP) is 1.35. The molecule has 0 spiro atoms. The van der Waals surface area contributed by atoms with Gasteiger partial charge in [-0.3, -0.25) is 14.1 Å². The van der Waals surface area contributed by atoms with Gasteiger partial charge >= 0.3 is 0 Å². The van der Waals surface area contributed by atoms with E-state index in [0.717, 1.165) is 6.26 Å². The van der Waals surface area contributed by atoms with Crippen LogP contribution in [0.1, 0.15) is 6.42 Å². The molecule has 0 N–H and O–H groups in total. The summed E-state index contributed by atoms with van der Waals surface area (Å²) in [5.41, 5.74) is 0. The Morgan fingerprint density at radius 2 is 2.14 bits per heavy atom. The van der Waals surface area contributed by atoms with Crippen LogP contribution in [0.2, 0.25) is 0 Å². The van der Waals surface area contributed by atoms with E-state index < -0.39 is 10.1 Å². The summed E-state index contributed by atoms with van der Waals surface area (Å²) in [5, 5.41) is 0. The highest BCUT2D eigenvalue weighted by Crippen LogP contribution is 2.21. The second-order valence-corrected chi connectivity index (χ2v) is 6.35. The fourth-order valence-electron chi connectivity index (χ4n) is 2.17. The van der Waals surface area contributed by atoms with Crippen molar-refractivity contribution >= 4 is 34.9 Å². The van der Waals surface area contributed by atoms with Crippen LogP contribution in [0.15, 0.2) is 24.5 Å². The predicted molar refractivity (Wildman–Crippen MR) is 85.0 cm³/mol. The van der Waals surface area contributed by atoms with E-state index in [-0.39, 0.29) is 37.0 Å². The van der Waals surface area contributed by atoms with Gasteiger partial charge in [0.1, 0.15) is 12.4 Å². The van der Waals surface area contributed by atoms with E-state index in [9.17, 15) is 8.42 Å². The van der Waals surface area contributed by atoms with Crippen LogP contribution in [0.3, 0.4) is 0 Å². The van der Waals surface area contributed by atoms with Crippen molar-refractivity contribution in [1.29, 1.82) is 0 Å². The summed E-state index contributed by atoms with van der Waals surface area (Å²) in [7, 11) is -1.47. The van der Waals surface area contributed by atoms with Gasteiger partial charge in [0.05, 0.1) is 18.6 Å². The minimum Gasteiger partial charge on any atom is -0.490 e. The molecule has 2 atom stereocenters. The summed E-state index contributed by atoms with van der Waals surface area (Å²) in [6.07, 6.45) is 4.77. The molecule has 2 heterocycles. The monoisotopic (exact) mass is 358 g/mol. The Morgan fingerprint density at radius 3 is 2.71 bits per heavy atom. The number of likely N-dealkylation sites (N-methyl/N-ethyl adjacent to an activating group) is 1. The van der Waals surface area contributed by atoms with Gasteiger partial charge in [0.15, 0.2) is 0 Å². The number of halogens is 2. The van der Waals surface area contributed by atoms with Crippen LogP contribution in [0, 0.1) is 0 Å². The molecule has 2 rings (SSSR count). The molecule has 0 bridgehead atoms. The fourth-order valence-corrected chi connectivity index (χ4v) is 2.80. The van der Waals surface area contributed by atoms with Gasteiger partial charge in [-0.05, 0) is 25.6 Å². The number of aromatic nitrogens is 1. The fraction of sp³-hybridized carbons (Fsp3) is 0.583. The lowest BCUT2D eigenvalue weighted by molar-refractivity contribution is 0.197. The van der Waals surface area contributed by atoms with Gasteiger partial charge in [-0.2, -0.15) is 8.42 Å². The second kappa shape index (κ2) is 8.75. The highest BCUT2D eigenvalue weighted by Gasteiger charge is 2.32. The molecule has 1 aliphatic heterocycles. The molecule has 0 aliphatic carbocycles. The van der Waals surface area contributed by atoms with Crippen molar-refractivity contribution in [2.45, 2.75) is 18.6 Å². The van der Waals surface area contributed by atoms with E-state index in [0.29, 0.717) is 25.3 Å². The molecular weight excluding hydrogens is 339 g/mol. The van der Waals surface area contributed by atoms with E-state index in [1.807, 2.05) is 24.1 Å². The first-order valence-electron chi connectivity index (χ1n) is 6.05. The van der Waals surface area contributed by atoms with Crippen molar-refractivity contribution in [3.05, 3.63) is 24.5 Å². The van der Waals surface area contributed by atoms with E-state index in [1.165, 1.54) is 0 Å². The summed E-state index contributed by atoms with van der Waals surface area (Å²) in [6, 6.07) is 3.79. The van der Waals surface area contributed by atoms with Crippen molar-refractivity contribution < 1.29 is 17.3 Å². The van der Waals surface area contributed by atoms with Crippen LogP contribution in [-0.2, 0) is 14.3 Å². The van der Waals surface area contributed by atoms with Gasteiger partial charge in [-0.25, -0.2) is 0 Å². The number of ether oxygens (including phenoxy) is 1. The van der Waals surface area contributed by atoms with Crippen LogP contribution in [-0.4, -0.2) is 56.9 Å². The minimum atomic E-state index is -3.40. The lowest BCUT2D eigenvalue weighted by Crippen LogP contribution is -2.30. The second-order valence-electron chi connectivity index (χ2n) is 4.75. The summed E-state index contributed by atoms with van der Waals surface area (Å²) in [6.45, 7) is 1.08. The topological polar surface area (TPSA) is 68.7 Å². The van der Waals surface area contributed by atoms with Gasteiger partial charge in [-0.1, -0.05) is 0 Å². The zero-order chi connectivity index (χ0) is 13.9. The molecular formula is C12H20Cl2N2O4S. The Kier molecular flexibility index (Phi) is 8.50. The van der Waals surface area contributed by atoms with E-state index in [2.05, 4.69) is 4.98 Å². The van der Waals surface area contributed by atoms with Gasteiger partial charge < -0.3 is 4.74 Å². The first kappa shape index (κ1) is 20.4. The van der Waals surface area contributed by atoms with E-state index in [4.69, 9.17) is 8.92 Å². The summed E-state index contributed by atoms with van der Waals surface area (Å²) < 4.78 is 32.8. The molecule has 6 nitrogen and oxygen atoms in total. The van der Waals surface area contributed by atoms with Gasteiger partial charge in [0, 0.05) is 18.8 Å². The average molecular weight is 359 g/mol. The minimum absolute atomic E-state index is 0. The molecule has 9 heteroatoms. The SMILES string of the molecule is CN1C[C@H](OS(C)(=O)=O)C[C@H]1COc1cccnc1.Cl.Cl. The average Bonchev–Trinajstić information content (AvgIpc) is 2.66. The summed E-state index contributed by atoms with van der Waals surface area (Å²) in [5.74, 6) is 0.711. The number of pyridine rings is 1. The van der Waals surface area contributed by atoms with Gasteiger partial charge in [-0.15, -0.1) is 24.8 Å². The molecule has 0 amide bonds. The molecule has 122 valence electrons. The van der Waals surface area contributed by atoms with Crippen LogP contribution in [0.5, 0.6) is 5.75 Å². The highest BCUT2D eigenvalue weighted by molar-refractivity contribution is 7.86. The molecule has 0 saturated carbocycles. The Bertz CT molecular complexity index is 515. The molecule has 1 fully saturated rings. The summed E-state index contributed by atoms with van der Waals surface area (Å²) >= 11 is 0. The number of hydrogen-bond donors (Lipinski definition) is 0. The number of likely N-dealkylation sites (tertiary alicyclic amines) is 1. The van der Waals surface area contributed by atoms with Crippen molar-refractivity contribution in [3.63, 3.8) is 0 Å². The van der Waals surface area contributed by atoms with Crippen molar-refractivity contribution in [2.24, 2.45) is 0 Å². The number of nitrogens with zero attached hydrogens (tertiary/aromatic N) is 2. The standard InChI is InChI=1S/C12H18N2O4S.2ClH/c1-14-8-12(18-19(2,15)16)6-10(14)9-17-11-4-3-5-13-7-11;;/h3-5,7,10,12H,6,8-9H2,1-2H3;2*1H/t10-,12+;;/m0../s1. The summed E-state index contributed by atoms with van der Waals surface area (Å²) in [4.78, 5) is 6.02. The van der Waals surface area contributed by atoms with Crippen molar-refractivity contribution in [3.8, 4) is 5.75 Å². The van der Waals surface area contributed by atoms with Crippen LogP contribution in [0.25, 0.3) is 0 Å². The molecule has 0 radical (unpaired) electrons. The third kappa shape index (κ3) is 6.80. The van der Waals surface area contributed by atoms with E-state index in [1.54, 1.807) is 12.4 Å². The lowest BCUT2D eigenvalue weighted by Gasteiger charge is -2.18. The smallest absolute Gasteiger partial charge is 0.264 e. The lowest BCUT2D eigenvalue weighted by atomic mass is 10.2. The quantitative estimate of drug-likeness (QED) is 0.740. The Labute approximate surface area is 137 Å². The van der Waals surface area contributed by atoms with Crippen LogP contribution in [0.4, 0.5) is 0 Å². The Balaban J connectivity index is 0.00000200. The normalized spacial score (nSPS) is 22.2. The Hall–Kier alpha value is -0.600. The zero-order valence-electron chi connectivity index (χ0n) is 11.8. The largest absolute Gasteiger partial charge is 0.490 e. The molecule has 1 aliphatic rings. The number of rotatable bonds is 5. The zero-order valence-corrected chi connectivity index (χ0v) is 14.3. The third-order valence-electron chi connectivity index (χ3n) is 3.04. The van der Waals surface area contributed by atoms with Crippen molar-refractivity contribution in [2.75, 3.05) is 26.5 Å². The highest BCUT2D eigenvalue weighted by atomic mass is 35.5. The van der Waals surface area contributed by atoms with Crippen LogP contribution >= 0.6 is 24.8 Å². The Morgan fingerprint density at radius 1 is 1.43 bits per heavy atom. The molecule has 1 aromatic heterocycles. The molecule has 21 heavy (non-hydrogen) atoms. The van der Waals surface area contributed by atoms with Gasteiger partial charge in [0.2, 0.25) is 0 Å². The maximum absolute atomic E-state index is 11.1. The van der Waals surface area contributed by atoms with Crippen molar-refractivity contribution in [1.82, 2.24) is 9.88 Å². The first-order chi connectivity index (χ1) is 8.94. The first-order valence-corrected chi connectivity index (χ1v) is 7.87. The molecule has 0 unspecified atom stereocenters. The maximum Gasteiger partial charge on any atom is 0.264 e.